The molecule has 1 aromatic heterocycles. The van der Waals surface area contributed by atoms with Gasteiger partial charge in [-0.15, -0.1) is 11.3 Å². The third kappa shape index (κ3) is 5.14. The fourth-order valence-corrected chi connectivity index (χ4v) is 3.99. The number of hydrogen-bond acceptors (Lipinski definition) is 4. The lowest BCUT2D eigenvalue weighted by atomic mass is 9.95. The highest BCUT2D eigenvalue weighted by Crippen LogP contribution is 2.19. The van der Waals surface area contributed by atoms with Crippen LogP contribution in [-0.4, -0.2) is 34.8 Å². The fraction of sp³-hybridized carbons (Fsp3) is 0.450. The van der Waals surface area contributed by atoms with Crippen molar-refractivity contribution in [3.63, 3.8) is 0 Å². The molecule has 1 aliphatic heterocycles. The number of nitrogens with zero attached hydrogens (tertiary/aromatic N) is 2. The number of benzene rings is 1. The molecule has 5 nitrogen and oxygen atoms in total. The van der Waals surface area contributed by atoms with E-state index in [-0.39, 0.29) is 17.7 Å². The summed E-state index contributed by atoms with van der Waals surface area (Å²) in [7, 11) is 0. The topological polar surface area (TPSA) is 62.3 Å². The maximum absolute atomic E-state index is 12.4. The molecule has 1 aromatic carbocycles. The molecular weight excluding hydrogens is 346 g/mol. The maximum Gasteiger partial charge on any atom is 0.223 e. The number of carbonyl (C=O) groups excluding carboxylic acids is 2. The Balaban J connectivity index is 1.39. The lowest BCUT2D eigenvalue weighted by Gasteiger charge is -2.31. The Kier molecular flexibility index (Phi) is 6.39. The van der Waals surface area contributed by atoms with E-state index in [1.807, 2.05) is 36.2 Å². The average molecular weight is 372 g/mol. The zero-order chi connectivity index (χ0) is 18.4. The number of rotatable bonds is 6. The van der Waals surface area contributed by atoms with Crippen molar-refractivity contribution >= 4 is 23.2 Å². The van der Waals surface area contributed by atoms with Crippen molar-refractivity contribution in [2.45, 2.75) is 39.2 Å². The van der Waals surface area contributed by atoms with Gasteiger partial charge in [-0.3, -0.25) is 9.59 Å². The Bertz CT molecular complexity index is 737. The van der Waals surface area contributed by atoms with Gasteiger partial charge in [-0.2, -0.15) is 0 Å². The molecule has 0 bridgehead atoms. The zero-order valence-electron chi connectivity index (χ0n) is 15.1. The minimum Gasteiger partial charge on any atom is -0.351 e. The highest BCUT2D eigenvalue weighted by molar-refractivity contribution is 7.11. The lowest BCUT2D eigenvalue weighted by molar-refractivity contribution is -0.135. The van der Waals surface area contributed by atoms with Crippen LogP contribution < -0.4 is 5.32 Å². The molecule has 6 heteroatoms. The van der Waals surface area contributed by atoms with Crippen LogP contribution in [0.5, 0.6) is 0 Å². The summed E-state index contributed by atoms with van der Waals surface area (Å²) in [5.74, 6) is 0.280. The summed E-state index contributed by atoms with van der Waals surface area (Å²) in [4.78, 5) is 31.9. The van der Waals surface area contributed by atoms with Crippen LogP contribution in [0.4, 0.5) is 0 Å². The van der Waals surface area contributed by atoms with Crippen molar-refractivity contribution in [3.8, 4) is 0 Å². The second kappa shape index (κ2) is 8.94. The summed E-state index contributed by atoms with van der Waals surface area (Å²) in [6, 6.07) is 10.1. The monoisotopic (exact) mass is 371 g/mol. The van der Waals surface area contributed by atoms with Crippen LogP contribution >= 0.6 is 11.3 Å². The molecular formula is C20H25N3O2S. The Morgan fingerprint density at radius 1 is 1.23 bits per heavy atom. The van der Waals surface area contributed by atoms with E-state index < -0.39 is 0 Å². The molecule has 0 aliphatic carbocycles. The van der Waals surface area contributed by atoms with Gasteiger partial charge in [-0.1, -0.05) is 30.3 Å². The number of carbonyl (C=O) groups is 2. The van der Waals surface area contributed by atoms with Gasteiger partial charge in [-0.25, -0.2) is 4.98 Å². The summed E-state index contributed by atoms with van der Waals surface area (Å²) < 4.78 is 0. The van der Waals surface area contributed by atoms with Crippen molar-refractivity contribution in [1.29, 1.82) is 0 Å². The first-order valence-corrected chi connectivity index (χ1v) is 9.94. The first kappa shape index (κ1) is 18.6. The molecule has 2 aromatic rings. The van der Waals surface area contributed by atoms with Crippen LogP contribution in [0.15, 0.2) is 36.5 Å². The summed E-state index contributed by atoms with van der Waals surface area (Å²) in [6.45, 7) is 3.85. The lowest BCUT2D eigenvalue weighted by Crippen LogP contribution is -2.42. The molecule has 0 saturated carbocycles. The summed E-state index contributed by atoms with van der Waals surface area (Å²) in [5.41, 5.74) is 1.19. The number of aryl methyl sites for hydroxylation is 2. The van der Waals surface area contributed by atoms with Gasteiger partial charge in [0.1, 0.15) is 0 Å². The SMILES string of the molecule is Cc1ncc(CNC(=O)C2CCN(C(=O)CCc3ccccc3)CC2)s1. The van der Waals surface area contributed by atoms with E-state index in [0.29, 0.717) is 26.1 Å². The van der Waals surface area contributed by atoms with Crippen LogP contribution in [0.25, 0.3) is 0 Å². The normalized spacial score (nSPS) is 15.0. The second-order valence-corrected chi connectivity index (χ2v) is 8.02. The summed E-state index contributed by atoms with van der Waals surface area (Å²) >= 11 is 1.61. The Morgan fingerprint density at radius 3 is 2.62 bits per heavy atom. The largest absolute Gasteiger partial charge is 0.351 e. The predicted octanol–water partition coefficient (Wildman–Crippen LogP) is 2.94. The van der Waals surface area contributed by atoms with Crippen molar-refractivity contribution in [3.05, 3.63) is 52.0 Å². The molecule has 1 fully saturated rings. The van der Waals surface area contributed by atoms with E-state index in [0.717, 1.165) is 29.1 Å². The third-order valence-corrected chi connectivity index (χ3v) is 5.71. The van der Waals surface area contributed by atoms with Gasteiger partial charge in [-0.05, 0) is 31.7 Å². The maximum atomic E-state index is 12.4. The number of aromatic nitrogens is 1. The first-order valence-electron chi connectivity index (χ1n) is 9.12. The van der Waals surface area contributed by atoms with Gasteiger partial charge in [0.25, 0.3) is 0 Å². The summed E-state index contributed by atoms with van der Waals surface area (Å²) in [6.07, 6.45) is 4.60. The molecule has 2 heterocycles. The number of hydrogen-bond donors (Lipinski definition) is 1. The van der Waals surface area contributed by atoms with E-state index in [1.165, 1.54) is 5.56 Å². The molecule has 2 amide bonds. The second-order valence-electron chi connectivity index (χ2n) is 6.70. The van der Waals surface area contributed by atoms with Gasteiger partial charge in [0, 0.05) is 36.5 Å². The van der Waals surface area contributed by atoms with E-state index in [1.54, 1.807) is 11.3 Å². The van der Waals surface area contributed by atoms with E-state index in [9.17, 15) is 9.59 Å². The molecule has 1 N–H and O–H groups in total. The summed E-state index contributed by atoms with van der Waals surface area (Å²) in [5, 5.41) is 4.01. The minimum atomic E-state index is 0.00203. The first-order chi connectivity index (χ1) is 12.6. The Morgan fingerprint density at radius 2 is 1.96 bits per heavy atom. The Hall–Kier alpha value is -2.21. The fourth-order valence-electron chi connectivity index (χ4n) is 3.25. The van der Waals surface area contributed by atoms with Gasteiger partial charge in [0.05, 0.1) is 11.6 Å². The quantitative estimate of drug-likeness (QED) is 0.849. The molecule has 3 rings (SSSR count). The smallest absolute Gasteiger partial charge is 0.223 e. The van der Waals surface area contributed by atoms with Gasteiger partial charge in [0.2, 0.25) is 11.8 Å². The number of piperidine rings is 1. The van der Waals surface area contributed by atoms with Crippen LogP contribution in [0.2, 0.25) is 0 Å². The minimum absolute atomic E-state index is 0.00203. The third-order valence-electron chi connectivity index (χ3n) is 4.79. The van der Waals surface area contributed by atoms with Gasteiger partial charge >= 0.3 is 0 Å². The molecule has 0 spiro atoms. The van der Waals surface area contributed by atoms with Crippen molar-refractivity contribution in [1.82, 2.24) is 15.2 Å². The average Bonchev–Trinajstić information content (AvgIpc) is 3.10. The van der Waals surface area contributed by atoms with Gasteiger partial charge in [0.15, 0.2) is 0 Å². The molecule has 1 saturated heterocycles. The van der Waals surface area contributed by atoms with Crippen molar-refractivity contribution in [2.75, 3.05) is 13.1 Å². The highest BCUT2D eigenvalue weighted by atomic mass is 32.1. The van der Waals surface area contributed by atoms with Gasteiger partial charge < -0.3 is 10.2 Å². The molecule has 138 valence electrons. The standard InChI is InChI=1S/C20H25N3O2S/c1-15-21-13-18(26-15)14-22-20(25)17-9-11-23(12-10-17)19(24)8-7-16-5-3-2-4-6-16/h2-6,13,17H,7-12,14H2,1H3,(H,22,25). The van der Waals surface area contributed by atoms with Crippen LogP contribution in [0, 0.1) is 12.8 Å². The van der Waals surface area contributed by atoms with E-state index >= 15 is 0 Å². The number of thiazole rings is 1. The van der Waals surface area contributed by atoms with E-state index in [4.69, 9.17) is 0 Å². The number of likely N-dealkylation sites (tertiary alicyclic amines) is 1. The molecule has 0 atom stereocenters. The molecule has 0 radical (unpaired) electrons. The van der Waals surface area contributed by atoms with Crippen LogP contribution in [-0.2, 0) is 22.6 Å². The van der Waals surface area contributed by atoms with Crippen molar-refractivity contribution in [2.24, 2.45) is 5.92 Å². The van der Waals surface area contributed by atoms with Crippen LogP contribution in [0.3, 0.4) is 0 Å². The molecule has 0 unspecified atom stereocenters. The van der Waals surface area contributed by atoms with E-state index in [2.05, 4.69) is 22.4 Å². The highest BCUT2D eigenvalue weighted by Gasteiger charge is 2.27. The zero-order valence-corrected chi connectivity index (χ0v) is 15.9. The Labute approximate surface area is 158 Å². The molecule has 26 heavy (non-hydrogen) atoms. The van der Waals surface area contributed by atoms with Crippen LogP contribution in [0.1, 0.15) is 34.7 Å². The molecule has 1 aliphatic rings. The van der Waals surface area contributed by atoms with Crippen molar-refractivity contribution < 1.29 is 9.59 Å². The number of amides is 2. The number of nitrogens with one attached hydrogen (secondary N) is 1. The predicted molar refractivity (Wildman–Crippen MR) is 103 cm³/mol.